The highest BCUT2D eigenvalue weighted by Gasteiger charge is 1.86. The van der Waals surface area contributed by atoms with Gasteiger partial charge in [-0.3, -0.25) is 0 Å². The average Bonchev–Trinajstić information content (AvgIpc) is 2.80. The van der Waals surface area contributed by atoms with E-state index in [0.717, 1.165) is 8.35 Å². The lowest BCUT2D eigenvalue weighted by molar-refractivity contribution is 0.212. The van der Waals surface area contributed by atoms with Crippen molar-refractivity contribution in [3.63, 3.8) is 0 Å². The molecule has 2 heterocycles. The second kappa shape index (κ2) is 5.35. The summed E-state index contributed by atoms with van der Waals surface area (Å²) in [5.74, 6) is 1.95. The molecule has 4 heteroatoms. The largest absolute Gasteiger partial charge is 0.408 e. The molecule has 0 saturated carbocycles. The maximum Gasteiger partial charge on any atom is 0.112 e. The van der Waals surface area contributed by atoms with Gasteiger partial charge in [0.1, 0.15) is 6.26 Å². The molecule has 3 rings (SSSR count). The number of benzene rings is 1. The second-order valence-electron chi connectivity index (χ2n) is 2.88. The van der Waals surface area contributed by atoms with Gasteiger partial charge in [0.05, 0.1) is 0 Å². The number of para-hydroxylation sites is 1. The number of hydrogen-bond acceptors (Lipinski definition) is 2. The summed E-state index contributed by atoms with van der Waals surface area (Å²) < 4.78 is 0. The van der Waals surface area contributed by atoms with Crippen LogP contribution in [0.4, 0.5) is 0 Å². The molecule has 1 aliphatic heterocycles. The summed E-state index contributed by atoms with van der Waals surface area (Å²) in [4.78, 5) is 7.71. The van der Waals surface area contributed by atoms with Crippen molar-refractivity contribution in [1.29, 1.82) is 0 Å². The molecule has 0 amide bonds. The SMILES string of the molecule is C1=CONP=C1.c1ccc2[nH]ccc2c1. The molecule has 0 fully saturated rings. The number of hydrogen-bond donors (Lipinski definition) is 2. The van der Waals surface area contributed by atoms with Crippen molar-refractivity contribution in [1.82, 2.24) is 10.2 Å². The maximum atomic E-state index is 4.60. The Morgan fingerprint density at radius 3 is 2.67 bits per heavy atom. The first-order chi connectivity index (χ1) is 7.47. The number of H-pyrrole nitrogens is 1. The van der Waals surface area contributed by atoms with Gasteiger partial charge in [-0.15, -0.1) is 5.25 Å². The van der Waals surface area contributed by atoms with Crippen LogP contribution in [0.3, 0.4) is 0 Å². The summed E-state index contributed by atoms with van der Waals surface area (Å²) in [6.07, 6.45) is 5.39. The molecule has 1 aromatic carbocycles. The third-order valence-electron chi connectivity index (χ3n) is 1.88. The summed E-state index contributed by atoms with van der Waals surface area (Å²) in [6.45, 7) is 0. The van der Waals surface area contributed by atoms with Crippen LogP contribution in [0.1, 0.15) is 0 Å². The minimum absolute atomic E-state index is 1.01. The van der Waals surface area contributed by atoms with Gasteiger partial charge in [-0.2, -0.15) is 0 Å². The highest BCUT2D eigenvalue weighted by Crippen LogP contribution is 2.09. The van der Waals surface area contributed by atoms with Crippen LogP contribution in [0.25, 0.3) is 10.9 Å². The van der Waals surface area contributed by atoms with Crippen LogP contribution in [0, 0.1) is 0 Å². The molecule has 1 aliphatic rings. The van der Waals surface area contributed by atoms with Crippen LogP contribution >= 0.6 is 8.35 Å². The highest BCUT2D eigenvalue weighted by atomic mass is 31.1. The van der Waals surface area contributed by atoms with Gasteiger partial charge in [0.2, 0.25) is 0 Å². The molecule has 0 unspecified atom stereocenters. The van der Waals surface area contributed by atoms with E-state index in [2.05, 4.69) is 33.3 Å². The topological polar surface area (TPSA) is 37.0 Å². The van der Waals surface area contributed by atoms with Crippen LogP contribution in [0.2, 0.25) is 0 Å². The van der Waals surface area contributed by atoms with Crippen LogP contribution in [-0.4, -0.2) is 10.8 Å². The predicted molar refractivity (Wildman–Crippen MR) is 64.6 cm³/mol. The molecule has 0 radical (unpaired) electrons. The van der Waals surface area contributed by atoms with Crippen molar-refractivity contribution in [2.75, 3.05) is 0 Å². The van der Waals surface area contributed by atoms with Gasteiger partial charge in [0, 0.05) is 20.1 Å². The molecule has 15 heavy (non-hydrogen) atoms. The van der Waals surface area contributed by atoms with Crippen molar-refractivity contribution in [3.8, 4) is 0 Å². The molecule has 0 spiro atoms. The third-order valence-corrected chi connectivity index (χ3v) is 2.41. The Morgan fingerprint density at radius 2 is 2.07 bits per heavy atom. The molecule has 2 N–H and O–H groups in total. The fourth-order valence-electron chi connectivity index (χ4n) is 1.20. The zero-order chi connectivity index (χ0) is 10.3. The monoisotopic (exact) mass is 218 g/mol. The van der Waals surface area contributed by atoms with E-state index in [9.17, 15) is 0 Å². The minimum atomic E-state index is 1.01. The van der Waals surface area contributed by atoms with Crippen LogP contribution in [0.15, 0.2) is 48.9 Å². The predicted octanol–water partition coefficient (Wildman–Crippen LogP) is 2.87. The van der Waals surface area contributed by atoms with Gasteiger partial charge in [-0.25, -0.2) is 0 Å². The van der Waals surface area contributed by atoms with Crippen molar-refractivity contribution < 1.29 is 4.84 Å². The van der Waals surface area contributed by atoms with Gasteiger partial charge in [0.15, 0.2) is 0 Å². The van der Waals surface area contributed by atoms with E-state index in [-0.39, 0.29) is 0 Å². The molecule has 2 aromatic rings. The first kappa shape index (κ1) is 9.97. The molecule has 1 aromatic heterocycles. The average molecular weight is 218 g/mol. The van der Waals surface area contributed by atoms with Gasteiger partial charge >= 0.3 is 0 Å². The first-order valence-corrected chi connectivity index (χ1v) is 5.54. The van der Waals surface area contributed by atoms with Crippen molar-refractivity contribution in [2.45, 2.75) is 0 Å². The number of aromatic amines is 1. The first-order valence-electron chi connectivity index (χ1n) is 4.58. The smallest absolute Gasteiger partial charge is 0.112 e. The number of aromatic nitrogens is 1. The summed E-state index contributed by atoms with van der Waals surface area (Å²) in [6, 6.07) is 10.3. The van der Waals surface area contributed by atoms with E-state index in [1.807, 2.05) is 30.2 Å². The minimum Gasteiger partial charge on any atom is -0.408 e. The molecular formula is C11H11N2OP. The van der Waals surface area contributed by atoms with Crippen LogP contribution in [0.5, 0.6) is 0 Å². The van der Waals surface area contributed by atoms with Gasteiger partial charge < -0.3 is 9.82 Å². The fourth-order valence-corrected chi connectivity index (χ4v) is 1.54. The summed E-state index contributed by atoms with van der Waals surface area (Å²) in [5.41, 5.74) is 1.21. The number of nitrogens with one attached hydrogen (secondary N) is 2. The Balaban J connectivity index is 0.000000124. The normalized spacial score (nSPS) is 14.1. The summed E-state index contributed by atoms with van der Waals surface area (Å²) >= 11 is 0. The van der Waals surface area contributed by atoms with Gasteiger partial charge in [-0.1, -0.05) is 18.2 Å². The lowest BCUT2D eigenvalue weighted by atomic mass is 10.3. The van der Waals surface area contributed by atoms with E-state index in [4.69, 9.17) is 0 Å². The third kappa shape index (κ3) is 2.94. The standard InChI is InChI=1S/C8H7N.C3H4NOP/c1-2-4-8-7(3-1)5-6-9-8;1-2-5-4-6-3-1/h1-6,9H;1-4H. The molecule has 0 bridgehead atoms. The Morgan fingerprint density at radius 1 is 1.13 bits per heavy atom. The molecule has 0 atom stereocenters. The van der Waals surface area contributed by atoms with Crippen molar-refractivity contribution in [2.24, 2.45) is 0 Å². The quantitative estimate of drug-likeness (QED) is 0.667. The zero-order valence-electron chi connectivity index (χ0n) is 8.05. The molecule has 0 aliphatic carbocycles. The van der Waals surface area contributed by atoms with Gasteiger partial charge in [0.25, 0.3) is 0 Å². The van der Waals surface area contributed by atoms with Crippen molar-refractivity contribution in [3.05, 3.63) is 48.9 Å². The van der Waals surface area contributed by atoms with E-state index in [1.54, 1.807) is 6.26 Å². The van der Waals surface area contributed by atoms with Crippen LogP contribution in [-0.2, 0) is 4.84 Å². The fraction of sp³-hybridized carbons (Fsp3) is 0. The summed E-state index contributed by atoms with van der Waals surface area (Å²) in [5, 5.41) is 3.89. The molecule has 76 valence electrons. The Bertz CT molecular complexity index is 434. The summed E-state index contributed by atoms with van der Waals surface area (Å²) in [7, 11) is 1.01. The zero-order valence-corrected chi connectivity index (χ0v) is 8.95. The number of rotatable bonds is 0. The van der Waals surface area contributed by atoms with E-state index in [1.165, 1.54) is 10.9 Å². The Kier molecular flexibility index (Phi) is 3.55. The number of fused-ring (bicyclic) bond motifs is 1. The lowest BCUT2D eigenvalue weighted by Gasteiger charge is -1.94. The number of allylic oxidation sites excluding steroid dienone is 1. The van der Waals surface area contributed by atoms with E-state index >= 15 is 0 Å². The Hall–Kier alpha value is -1.57. The maximum absolute atomic E-state index is 4.60. The van der Waals surface area contributed by atoms with E-state index < -0.39 is 0 Å². The Labute approximate surface area is 89.6 Å². The molecular weight excluding hydrogens is 207 g/mol. The second-order valence-corrected chi connectivity index (χ2v) is 3.62. The van der Waals surface area contributed by atoms with E-state index in [0.29, 0.717) is 0 Å². The molecule has 0 saturated heterocycles. The van der Waals surface area contributed by atoms with Crippen LogP contribution < -0.4 is 5.25 Å². The highest BCUT2D eigenvalue weighted by molar-refractivity contribution is 7.36. The lowest BCUT2D eigenvalue weighted by Crippen LogP contribution is -1.96. The van der Waals surface area contributed by atoms with Crippen molar-refractivity contribution >= 4 is 25.1 Å². The van der Waals surface area contributed by atoms with Gasteiger partial charge in [-0.05, 0) is 29.4 Å². The molecule has 3 nitrogen and oxygen atoms in total.